The Bertz CT molecular complexity index is 1350. The molecular formula is C42H85O12PSi3. The van der Waals surface area contributed by atoms with Gasteiger partial charge in [-0.3, -0.25) is 13.6 Å². The van der Waals surface area contributed by atoms with E-state index in [1.807, 2.05) is 34.6 Å². The molecule has 0 amide bonds. The SMILES string of the molecule is CO[C@@H](C[C@@H]1OC(C)(C)O[C@H]([C@H](C)CO)[C@H]1C)[C@H]1O[C@@]2(C[C@@H](O[Si](C)(C)C(C)(C)C)[C@H](C)[C@H](CC=O)O2)C(C)(C)[C@H]1OP(=O)(OCC[Si](C)(C)C)OCC[Si](C)(C)C. The van der Waals surface area contributed by atoms with Gasteiger partial charge in [-0.25, -0.2) is 4.57 Å². The Hall–Kier alpha value is 0.151. The first-order chi connectivity index (χ1) is 26.3. The number of phosphoric ester groups is 1. The van der Waals surface area contributed by atoms with Gasteiger partial charge in [-0.2, -0.15) is 0 Å². The average molecular weight is 897 g/mol. The molecule has 3 aliphatic rings. The fourth-order valence-corrected chi connectivity index (χ4v) is 12.7. The van der Waals surface area contributed by atoms with Crippen LogP contribution in [-0.4, -0.2) is 117 Å². The molecule has 0 unspecified atom stereocenters. The van der Waals surface area contributed by atoms with Crippen LogP contribution in [-0.2, 0) is 51.0 Å². The van der Waals surface area contributed by atoms with Crippen LogP contribution in [0.1, 0.15) is 88.5 Å². The maximum Gasteiger partial charge on any atom is 0.475 e. The zero-order valence-corrected chi connectivity index (χ0v) is 43.8. The zero-order valence-electron chi connectivity index (χ0n) is 39.9. The van der Waals surface area contributed by atoms with Gasteiger partial charge in [0.05, 0.1) is 43.7 Å². The van der Waals surface area contributed by atoms with Crippen molar-refractivity contribution in [1.82, 2.24) is 0 Å². The molecule has 1 N–H and O–H groups in total. The Morgan fingerprint density at radius 3 is 1.86 bits per heavy atom. The summed E-state index contributed by atoms with van der Waals surface area (Å²) in [6.45, 7) is 39.0. The molecule has 3 fully saturated rings. The molecule has 1 spiro atoms. The number of ether oxygens (including phenoxy) is 5. The third kappa shape index (κ3) is 13.1. The second kappa shape index (κ2) is 19.5. The van der Waals surface area contributed by atoms with Crippen LogP contribution in [0.4, 0.5) is 0 Å². The Morgan fingerprint density at radius 1 is 0.845 bits per heavy atom. The van der Waals surface area contributed by atoms with Gasteiger partial charge in [0.25, 0.3) is 0 Å². The van der Waals surface area contributed by atoms with Gasteiger partial charge in [-0.1, -0.05) is 94.7 Å². The van der Waals surface area contributed by atoms with E-state index in [-0.39, 0.29) is 67.3 Å². The number of rotatable bonds is 20. The monoisotopic (exact) mass is 897 g/mol. The Labute approximate surface area is 355 Å². The molecule has 0 aromatic heterocycles. The van der Waals surface area contributed by atoms with Gasteiger partial charge in [-0.05, 0) is 44.1 Å². The predicted octanol–water partition coefficient (Wildman–Crippen LogP) is 9.90. The molecule has 3 saturated heterocycles. The van der Waals surface area contributed by atoms with Crippen LogP contribution < -0.4 is 0 Å². The van der Waals surface area contributed by atoms with Crippen molar-refractivity contribution >= 4 is 38.6 Å². The molecule has 16 heteroatoms. The van der Waals surface area contributed by atoms with Gasteiger partial charge in [0.1, 0.15) is 18.5 Å². The Kier molecular flexibility index (Phi) is 17.6. The number of hydrogen-bond donors (Lipinski definition) is 1. The van der Waals surface area contributed by atoms with E-state index < -0.39 is 73.7 Å². The molecule has 0 radical (unpaired) electrons. The minimum absolute atomic E-state index is 0.0234. The van der Waals surface area contributed by atoms with Crippen LogP contribution >= 0.6 is 7.82 Å². The highest BCUT2D eigenvalue weighted by Gasteiger charge is 2.69. The molecule has 342 valence electrons. The smallest absolute Gasteiger partial charge is 0.413 e. The van der Waals surface area contributed by atoms with Crippen LogP contribution in [0.5, 0.6) is 0 Å². The quantitative estimate of drug-likeness (QED) is 0.0708. The molecule has 0 aromatic carbocycles. The third-order valence-corrected chi connectivity index (χ3v) is 22.7. The van der Waals surface area contributed by atoms with Gasteiger partial charge in [0.15, 0.2) is 19.9 Å². The number of carbonyl (C=O) groups is 1. The fourth-order valence-electron chi connectivity index (χ4n) is 8.07. The van der Waals surface area contributed by atoms with Crippen molar-refractivity contribution in [3.63, 3.8) is 0 Å². The lowest BCUT2D eigenvalue weighted by atomic mass is 9.72. The van der Waals surface area contributed by atoms with E-state index in [4.69, 9.17) is 41.7 Å². The summed E-state index contributed by atoms with van der Waals surface area (Å²) in [6.07, 6.45) is -2.00. The van der Waals surface area contributed by atoms with Gasteiger partial charge < -0.3 is 38.0 Å². The van der Waals surface area contributed by atoms with E-state index in [1.165, 1.54) is 0 Å². The first-order valence-corrected chi connectivity index (χ1v) is 33.6. The van der Waals surface area contributed by atoms with Gasteiger partial charge in [0.2, 0.25) is 0 Å². The minimum Gasteiger partial charge on any atom is -0.413 e. The summed E-state index contributed by atoms with van der Waals surface area (Å²) in [5.74, 6) is -2.59. The van der Waals surface area contributed by atoms with Crippen LogP contribution in [0.25, 0.3) is 0 Å². The number of aliphatic hydroxyl groups excluding tert-OH is 1. The summed E-state index contributed by atoms with van der Waals surface area (Å²) < 4.78 is 75.4. The van der Waals surface area contributed by atoms with Crippen molar-refractivity contribution in [2.24, 2.45) is 23.2 Å². The normalized spacial score (nSPS) is 33.3. The second-order valence-corrected chi connectivity index (χ2v) is 40.1. The maximum atomic E-state index is 15.1. The lowest BCUT2D eigenvalue weighted by Gasteiger charge is -2.53. The van der Waals surface area contributed by atoms with E-state index in [1.54, 1.807) is 7.11 Å². The lowest BCUT2D eigenvalue weighted by molar-refractivity contribution is -0.341. The van der Waals surface area contributed by atoms with Crippen molar-refractivity contribution in [3.05, 3.63) is 0 Å². The standard InChI is InChI=1S/C42H85O12PSi3/c1-29(28-44)36-31(3)33(49-41(9,10)51-36)26-34(46-11)37-38(53-55(45,47-22-24-56(12,13)14)48-23-25-57(15,16)17)40(7,8)42(52-37)27-35(30(2)32(50-42)20-21-43)54-58(18,19)39(4,5)6/h21,29-38,44H,20,22-28H2,1-19H3/t29-,30-,31+,32+,33+,34+,35-,36-,37-,38+,42+/m1/s1. The largest absolute Gasteiger partial charge is 0.475 e. The second-order valence-electron chi connectivity index (χ2n) is 22.5. The first-order valence-electron chi connectivity index (χ1n) is 21.8. The van der Waals surface area contributed by atoms with Gasteiger partial charge in [0, 0.05) is 72.3 Å². The Morgan fingerprint density at radius 2 is 1.40 bits per heavy atom. The molecule has 3 aliphatic heterocycles. The number of phosphoric acid groups is 1. The topological polar surface area (TPSA) is 137 Å². The zero-order chi connectivity index (χ0) is 44.5. The molecule has 3 heterocycles. The summed E-state index contributed by atoms with van der Waals surface area (Å²) in [5, 5.41) is 10.1. The summed E-state index contributed by atoms with van der Waals surface area (Å²) in [5.41, 5.74) is -0.986. The molecule has 58 heavy (non-hydrogen) atoms. The molecule has 0 aliphatic carbocycles. The summed E-state index contributed by atoms with van der Waals surface area (Å²) in [7, 11) is -8.02. The van der Waals surface area contributed by atoms with Crippen LogP contribution in [0.2, 0.25) is 69.5 Å². The van der Waals surface area contributed by atoms with Crippen molar-refractivity contribution in [2.45, 2.75) is 212 Å². The minimum atomic E-state index is -4.20. The van der Waals surface area contributed by atoms with Crippen molar-refractivity contribution < 1.29 is 56.1 Å². The van der Waals surface area contributed by atoms with E-state index in [2.05, 4.69) is 87.0 Å². The van der Waals surface area contributed by atoms with Crippen LogP contribution in [0, 0.1) is 23.2 Å². The number of hydrogen-bond acceptors (Lipinski definition) is 12. The molecule has 11 atom stereocenters. The maximum absolute atomic E-state index is 15.1. The van der Waals surface area contributed by atoms with E-state index in [0.29, 0.717) is 12.8 Å². The highest BCUT2D eigenvalue weighted by molar-refractivity contribution is 7.48. The van der Waals surface area contributed by atoms with Crippen LogP contribution in [0.3, 0.4) is 0 Å². The molecule has 0 saturated carbocycles. The van der Waals surface area contributed by atoms with E-state index in [9.17, 15) is 9.90 Å². The van der Waals surface area contributed by atoms with Gasteiger partial charge in [-0.15, -0.1) is 0 Å². The first kappa shape index (κ1) is 52.5. The fraction of sp³-hybridized carbons (Fsp3) is 0.976. The highest BCUT2D eigenvalue weighted by atomic mass is 31.2. The van der Waals surface area contributed by atoms with Crippen molar-refractivity contribution in [1.29, 1.82) is 0 Å². The number of aliphatic hydroxyl groups is 1. The average Bonchev–Trinajstić information content (AvgIpc) is 3.25. The van der Waals surface area contributed by atoms with Gasteiger partial charge >= 0.3 is 7.82 Å². The number of carbonyl (C=O) groups excluding carboxylic acids is 1. The molecule has 0 aromatic rings. The highest BCUT2D eigenvalue weighted by Crippen LogP contribution is 2.62. The van der Waals surface area contributed by atoms with Crippen molar-refractivity contribution in [2.75, 3.05) is 26.9 Å². The lowest BCUT2D eigenvalue weighted by Crippen LogP contribution is -2.60. The predicted molar refractivity (Wildman–Crippen MR) is 238 cm³/mol. The summed E-state index contributed by atoms with van der Waals surface area (Å²) in [6, 6.07) is 1.55. The molecular weight excluding hydrogens is 812 g/mol. The van der Waals surface area contributed by atoms with E-state index in [0.717, 1.165) is 18.4 Å². The number of methoxy groups -OCH3 is 1. The Balaban J connectivity index is 2.19. The van der Waals surface area contributed by atoms with Crippen LogP contribution in [0.15, 0.2) is 0 Å². The molecule has 3 rings (SSSR count). The summed E-state index contributed by atoms with van der Waals surface area (Å²) in [4.78, 5) is 12.2. The number of aldehydes is 1. The molecule has 12 nitrogen and oxygen atoms in total. The summed E-state index contributed by atoms with van der Waals surface area (Å²) >= 11 is 0. The van der Waals surface area contributed by atoms with Crippen molar-refractivity contribution in [3.8, 4) is 0 Å². The van der Waals surface area contributed by atoms with E-state index >= 15 is 4.57 Å². The molecule has 0 bridgehead atoms. The third-order valence-electron chi connectivity index (χ3n) is 13.3.